The maximum absolute atomic E-state index is 6.00. The molecule has 0 radical (unpaired) electrons. The van der Waals surface area contributed by atoms with E-state index in [9.17, 15) is 0 Å². The summed E-state index contributed by atoms with van der Waals surface area (Å²) in [5.41, 5.74) is 2.01. The summed E-state index contributed by atoms with van der Waals surface area (Å²) in [6.07, 6.45) is 7.50. The standard InChI is InChI=1S/C12H9ClN2S2.C5H10/c13-11-6-10(12-9(15-11)3-5-17-12)14-7-8-2-1-4-16-8;1-2-4-5-3-1/h1-6H,7H2,(H,14,15);1-5H2. The van der Waals surface area contributed by atoms with E-state index in [0.29, 0.717) is 5.15 Å². The van der Waals surface area contributed by atoms with Gasteiger partial charge in [0.15, 0.2) is 0 Å². The average molecular weight is 351 g/mol. The van der Waals surface area contributed by atoms with Gasteiger partial charge >= 0.3 is 0 Å². The second kappa shape index (κ2) is 7.95. The van der Waals surface area contributed by atoms with Crippen molar-refractivity contribution in [1.29, 1.82) is 0 Å². The van der Waals surface area contributed by atoms with Gasteiger partial charge < -0.3 is 5.32 Å². The maximum Gasteiger partial charge on any atom is 0.131 e. The minimum Gasteiger partial charge on any atom is -0.379 e. The van der Waals surface area contributed by atoms with Gasteiger partial charge in [-0.3, -0.25) is 0 Å². The fourth-order valence-electron chi connectivity index (χ4n) is 2.53. The van der Waals surface area contributed by atoms with Crippen LogP contribution in [0.3, 0.4) is 0 Å². The Morgan fingerprint density at radius 2 is 1.82 bits per heavy atom. The highest BCUT2D eigenvalue weighted by molar-refractivity contribution is 7.17. The van der Waals surface area contributed by atoms with E-state index in [-0.39, 0.29) is 0 Å². The van der Waals surface area contributed by atoms with Crippen molar-refractivity contribution in [2.24, 2.45) is 0 Å². The second-order valence-corrected chi connectivity index (χ2v) is 7.66. The molecule has 0 aliphatic heterocycles. The number of fused-ring (bicyclic) bond motifs is 1. The van der Waals surface area contributed by atoms with Crippen LogP contribution in [0.15, 0.2) is 35.0 Å². The molecule has 3 aromatic rings. The van der Waals surface area contributed by atoms with E-state index in [1.165, 1.54) is 37.0 Å². The number of halogens is 1. The van der Waals surface area contributed by atoms with E-state index in [1.807, 2.05) is 17.5 Å². The Morgan fingerprint density at radius 3 is 2.50 bits per heavy atom. The Kier molecular flexibility index (Phi) is 5.70. The van der Waals surface area contributed by atoms with E-state index in [0.717, 1.165) is 22.4 Å². The number of nitrogens with zero attached hydrogens (tertiary/aromatic N) is 1. The molecule has 22 heavy (non-hydrogen) atoms. The number of nitrogens with one attached hydrogen (secondary N) is 1. The monoisotopic (exact) mass is 350 g/mol. The zero-order chi connectivity index (χ0) is 15.2. The number of hydrogen-bond donors (Lipinski definition) is 1. The van der Waals surface area contributed by atoms with Crippen LogP contribution in [-0.4, -0.2) is 4.98 Å². The summed E-state index contributed by atoms with van der Waals surface area (Å²) in [5.74, 6) is 0. The van der Waals surface area contributed by atoms with Crippen LogP contribution in [0, 0.1) is 0 Å². The zero-order valence-corrected chi connectivity index (χ0v) is 14.7. The zero-order valence-electron chi connectivity index (χ0n) is 12.3. The van der Waals surface area contributed by atoms with Crippen LogP contribution in [0.5, 0.6) is 0 Å². The number of rotatable bonds is 3. The van der Waals surface area contributed by atoms with Crippen molar-refractivity contribution in [3.8, 4) is 0 Å². The van der Waals surface area contributed by atoms with Gasteiger partial charge in [-0.25, -0.2) is 4.98 Å². The predicted octanol–water partition coefficient (Wildman–Crippen LogP) is 6.57. The van der Waals surface area contributed by atoms with Gasteiger partial charge in [0, 0.05) is 17.5 Å². The smallest absolute Gasteiger partial charge is 0.131 e. The second-order valence-electron chi connectivity index (χ2n) is 5.33. The average Bonchev–Trinajstić information content (AvgIpc) is 3.26. The lowest BCUT2D eigenvalue weighted by atomic mass is 10.3. The largest absolute Gasteiger partial charge is 0.379 e. The number of pyridine rings is 1. The Hall–Kier alpha value is -1.10. The van der Waals surface area contributed by atoms with Crippen molar-refractivity contribution < 1.29 is 0 Å². The molecule has 1 N–H and O–H groups in total. The van der Waals surface area contributed by atoms with Gasteiger partial charge in [0.1, 0.15) is 5.15 Å². The van der Waals surface area contributed by atoms with Gasteiger partial charge in [-0.1, -0.05) is 49.8 Å². The first-order valence-electron chi connectivity index (χ1n) is 7.63. The summed E-state index contributed by atoms with van der Waals surface area (Å²) in [4.78, 5) is 5.59. The summed E-state index contributed by atoms with van der Waals surface area (Å²) in [7, 11) is 0. The first kappa shape index (κ1) is 15.8. The number of anilines is 1. The van der Waals surface area contributed by atoms with Gasteiger partial charge in [0.05, 0.1) is 15.9 Å². The van der Waals surface area contributed by atoms with E-state index in [1.54, 1.807) is 22.7 Å². The molecule has 3 aromatic heterocycles. The fourth-order valence-corrected chi connectivity index (χ4v) is 4.21. The summed E-state index contributed by atoms with van der Waals surface area (Å²) in [6.45, 7) is 0.824. The molecule has 0 bridgehead atoms. The van der Waals surface area contributed by atoms with Crippen LogP contribution in [0.1, 0.15) is 37.0 Å². The molecule has 1 aliphatic rings. The summed E-state index contributed by atoms with van der Waals surface area (Å²) < 4.78 is 1.16. The van der Waals surface area contributed by atoms with E-state index >= 15 is 0 Å². The molecule has 5 heteroatoms. The van der Waals surface area contributed by atoms with Crippen LogP contribution >= 0.6 is 34.3 Å². The summed E-state index contributed by atoms with van der Waals surface area (Å²) >= 11 is 9.42. The molecule has 0 unspecified atom stereocenters. The van der Waals surface area contributed by atoms with E-state index in [2.05, 4.69) is 27.8 Å². The van der Waals surface area contributed by atoms with Gasteiger partial charge in [0.2, 0.25) is 0 Å². The van der Waals surface area contributed by atoms with Crippen molar-refractivity contribution in [2.75, 3.05) is 5.32 Å². The first-order chi connectivity index (χ1) is 10.8. The molecule has 0 amide bonds. The van der Waals surface area contributed by atoms with E-state index < -0.39 is 0 Å². The van der Waals surface area contributed by atoms with E-state index in [4.69, 9.17) is 11.6 Å². The number of aromatic nitrogens is 1. The molecule has 4 rings (SSSR count). The number of thiophene rings is 2. The molecule has 1 aliphatic carbocycles. The van der Waals surface area contributed by atoms with Gasteiger partial charge in [-0.2, -0.15) is 0 Å². The molecule has 0 saturated heterocycles. The Bertz CT molecular complexity index is 695. The van der Waals surface area contributed by atoms with Crippen molar-refractivity contribution in [3.05, 3.63) is 45.1 Å². The Balaban J connectivity index is 0.000000246. The topological polar surface area (TPSA) is 24.9 Å². The van der Waals surface area contributed by atoms with Crippen LogP contribution in [-0.2, 0) is 6.54 Å². The summed E-state index contributed by atoms with van der Waals surface area (Å²) in [5, 5.41) is 8.06. The third kappa shape index (κ3) is 4.22. The SMILES string of the molecule is C1CCCC1.Clc1cc(NCc2cccs2)c2sccc2n1. The maximum atomic E-state index is 6.00. The normalized spacial score (nSPS) is 13.9. The van der Waals surface area contributed by atoms with Crippen LogP contribution in [0.25, 0.3) is 10.2 Å². The Labute approximate surface area is 144 Å². The minimum absolute atomic E-state index is 0.532. The first-order valence-corrected chi connectivity index (χ1v) is 9.76. The lowest BCUT2D eigenvalue weighted by molar-refractivity contribution is 0.886. The molecule has 1 fully saturated rings. The van der Waals surface area contributed by atoms with Crippen LogP contribution in [0.2, 0.25) is 5.15 Å². The lowest BCUT2D eigenvalue weighted by Gasteiger charge is -2.06. The molecule has 1 saturated carbocycles. The fraction of sp³-hybridized carbons (Fsp3) is 0.353. The highest BCUT2D eigenvalue weighted by Gasteiger charge is 2.06. The highest BCUT2D eigenvalue weighted by Crippen LogP contribution is 2.30. The highest BCUT2D eigenvalue weighted by atomic mass is 35.5. The van der Waals surface area contributed by atoms with Crippen molar-refractivity contribution in [1.82, 2.24) is 4.98 Å². The van der Waals surface area contributed by atoms with Gasteiger partial charge in [-0.05, 0) is 22.9 Å². The quantitative estimate of drug-likeness (QED) is 0.540. The van der Waals surface area contributed by atoms with Gasteiger partial charge in [0.25, 0.3) is 0 Å². The van der Waals surface area contributed by atoms with Crippen molar-refractivity contribution in [2.45, 2.75) is 38.6 Å². The third-order valence-electron chi connectivity index (χ3n) is 3.66. The third-order valence-corrected chi connectivity index (χ3v) is 5.67. The van der Waals surface area contributed by atoms with Crippen LogP contribution in [0.4, 0.5) is 5.69 Å². The lowest BCUT2D eigenvalue weighted by Crippen LogP contribution is -1.97. The van der Waals surface area contributed by atoms with Gasteiger partial charge in [-0.15, -0.1) is 22.7 Å². The molecule has 116 valence electrons. The molecular formula is C17H19ClN2S2. The van der Waals surface area contributed by atoms with Crippen LogP contribution < -0.4 is 5.32 Å². The predicted molar refractivity (Wildman–Crippen MR) is 99.4 cm³/mol. The molecule has 0 atom stereocenters. The molecular weight excluding hydrogens is 332 g/mol. The minimum atomic E-state index is 0.532. The number of hydrogen-bond acceptors (Lipinski definition) is 4. The van der Waals surface area contributed by atoms with Crippen molar-refractivity contribution >= 4 is 50.2 Å². The Morgan fingerprint density at radius 1 is 1.05 bits per heavy atom. The molecule has 0 spiro atoms. The molecule has 2 nitrogen and oxygen atoms in total. The molecule has 3 heterocycles. The molecule has 0 aromatic carbocycles. The summed E-state index contributed by atoms with van der Waals surface area (Å²) in [6, 6.07) is 8.05. The van der Waals surface area contributed by atoms with Crippen molar-refractivity contribution in [3.63, 3.8) is 0 Å².